The van der Waals surface area contributed by atoms with Crippen molar-refractivity contribution in [2.24, 2.45) is 12.5 Å². The van der Waals surface area contributed by atoms with E-state index in [4.69, 9.17) is 16.3 Å². The summed E-state index contributed by atoms with van der Waals surface area (Å²) in [7, 11) is 4.27. The monoisotopic (exact) mass is 374 g/mol. The maximum absolute atomic E-state index is 13.1. The molecule has 0 N–H and O–H groups in total. The fourth-order valence-electron chi connectivity index (χ4n) is 5.30. The van der Waals surface area contributed by atoms with E-state index in [0.717, 1.165) is 43.7 Å². The summed E-state index contributed by atoms with van der Waals surface area (Å²) in [5.74, 6) is -0.0227. The average molecular weight is 375 g/mol. The maximum Gasteiger partial charge on any atom is 0.314 e. The van der Waals surface area contributed by atoms with Crippen LogP contribution in [-0.2, 0) is 23.0 Å². The van der Waals surface area contributed by atoms with Crippen molar-refractivity contribution < 1.29 is 9.53 Å². The molecule has 0 amide bonds. The van der Waals surface area contributed by atoms with E-state index in [9.17, 15) is 4.79 Å². The number of aromatic nitrogens is 1. The van der Waals surface area contributed by atoms with Crippen LogP contribution in [0.1, 0.15) is 49.9 Å². The predicted octanol–water partition coefficient (Wildman–Crippen LogP) is 4.48. The topological polar surface area (TPSA) is 34.5 Å². The van der Waals surface area contributed by atoms with Crippen LogP contribution < -0.4 is 0 Å². The predicted molar refractivity (Wildman–Crippen MR) is 105 cm³/mol. The van der Waals surface area contributed by atoms with Crippen molar-refractivity contribution in [3.63, 3.8) is 0 Å². The third-order valence-electron chi connectivity index (χ3n) is 6.43. The Hall–Kier alpha value is -1.52. The second-order valence-electron chi connectivity index (χ2n) is 7.80. The number of hydrogen-bond acceptors (Lipinski definition) is 3. The molecular weight excluding hydrogens is 348 g/mol. The van der Waals surface area contributed by atoms with Crippen LogP contribution >= 0.6 is 11.6 Å². The van der Waals surface area contributed by atoms with E-state index in [-0.39, 0.29) is 12.0 Å². The number of carbonyl (C=O) groups excluding carboxylic acids is 1. The van der Waals surface area contributed by atoms with Gasteiger partial charge in [-0.15, -0.1) is 0 Å². The van der Waals surface area contributed by atoms with E-state index in [1.165, 1.54) is 22.2 Å². The van der Waals surface area contributed by atoms with E-state index in [1.54, 1.807) is 0 Å². The molecule has 1 atom stereocenters. The van der Waals surface area contributed by atoms with Gasteiger partial charge in [0.25, 0.3) is 0 Å². The second kappa shape index (κ2) is 6.58. The van der Waals surface area contributed by atoms with Crippen LogP contribution in [0.25, 0.3) is 10.9 Å². The van der Waals surface area contributed by atoms with E-state index in [2.05, 4.69) is 35.7 Å². The van der Waals surface area contributed by atoms with Crippen LogP contribution in [0.3, 0.4) is 0 Å². The Morgan fingerprint density at radius 3 is 2.73 bits per heavy atom. The summed E-state index contributed by atoms with van der Waals surface area (Å²) in [6, 6.07) is 6.18. The highest BCUT2D eigenvalue weighted by atomic mass is 35.5. The number of aryl methyl sites for hydroxylation is 1. The number of halogens is 1. The minimum absolute atomic E-state index is 0.0227. The summed E-state index contributed by atoms with van der Waals surface area (Å²) < 4.78 is 7.86. The molecule has 2 heterocycles. The number of carbonyl (C=O) groups is 1. The van der Waals surface area contributed by atoms with Crippen LogP contribution in [0.15, 0.2) is 18.2 Å². The molecule has 1 unspecified atom stereocenters. The quantitative estimate of drug-likeness (QED) is 0.742. The van der Waals surface area contributed by atoms with Crippen LogP contribution in [0.2, 0.25) is 5.02 Å². The number of rotatable bonds is 3. The zero-order valence-electron chi connectivity index (χ0n) is 15.8. The Labute approximate surface area is 160 Å². The van der Waals surface area contributed by atoms with E-state index < -0.39 is 5.41 Å². The maximum atomic E-state index is 13.1. The third-order valence-corrected chi connectivity index (χ3v) is 6.67. The van der Waals surface area contributed by atoms with Crippen molar-refractivity contribution >= 4 is 28.5 Å². The van der Waals surface area contributed by atoms with Gasteiger partial charge in [-0.25, -0.2) is 0 Å². The molecule has 1 aromatic carbocycles. The zero-order chi connectivity index (χ0) is 18.5. The highest BCUT2D eigenvalue weighted by Crippen LogP contribution is 2.54. The molecule has 1 fully saturated rings. The fourth-order valence-corrected chi connectivity index (χ4v) is 5.48. The molecule has 0 saturated heterocycles. The summed E-state index contributed by atoms with van der Waals surface area (Å²) in [6.07, 6.45) is 4.98. The van der Waals surface area contributed by atoms with Crippen LogP contribution in [-0.4, -0.2) is 35.6 Å². The fraction of sp³-hybridized carbons (Fsp3) is 0.571. The first-order chi connectivity index (χ1) is 12.5. The van der Waals surface area contributed by atoms with Gasteiger partial charge in [0.15, 0.2) is 0 Å². The molecular formula is C21H27ClN2O2. The minimum Gasteiger partial charge on any atom is -0.466 e. The van der Waals surface area contributed by atoms with Crippen molar-refractivity contribution in [1.29, 1.82) is 0 Å². The Morgan fingerprint density at radius 1 is 1.31 bits per heavy atom. The number of ether oxygens (including phenoxy) is 1. The highest BCUT2D eigenvalue weighted by molar-refractivity contribution is 6.31. The molecule has 1 saturated carbocycles. The Kier molecular flexibility index (Phi) is 4.52. The number of benzene rings is 1. The lowest BCUT2D eigenvalue weighted by Gasteiger charge is -2.44. The van der Waals surface area contributed by atoms with Gasteiger partial charge in [0.1, 0.15) is 0 Å². The lowest BCUT2D eigenvalue weighted by atomic mass is 9.73. The number of esters is 1. The first-order valence-corrected chi connectivity index (χ1v) is 10.0. The number of fused-ring (bicyclic) bond motifs is 3. The Bertz CT molecular complexity index is 851. The SMILES string of the molecule is CCOC(=O)C1(C2c3c(c4cc(Cl)ccc4n3C)CCN2C)CCCC1. The summed E-state index contributed by atoms with van der Waals surface area (Å²) in [5, 5.41) is 1.99. The van der Waals surface area contributed by atoms with Crippen LogP contribution in [0.4, 0.5) is 0 Å². The molecule has 2 aliphatic rings. The van der Waals surface area contributed by atoms with Gasteiger partial charge in [-0.05, 0) is 57.0 Å². The molecule has 4 nitrogen and oxygen atoms in total. The minimum atomic E-state index is -0.439. The molecule has 26 heavy (non-hydrogen) atoms. The van der Waals surface area contributed by atoms with Crippen LogP contribution in [0, 0.1) is 5.41 Å². The van der Waals surface area contributed by atoms with Gasteiger partial charge >= 0.3 is 5.97 Å². The number of nitrogens with zero attached hydrogens (tertiary/aromatic N) is 2. The molecule has 2 aromatic rings. The van der Waals surface area contributed by atoms with Gasteiger partial charge < -0.3 is 9.30 Å². The third kappa shape index (κ3) is 2.49. The van der Waals surface area contributed by atoms with Gasteiger partial charge in [-0.1, -0.05) is 24.4 Å². The van der Waals surface area contributed by atoms with E-state index in [1.807, 2.05) is 13.0 Å². The van der Waals surface area contributed by atoms with Gasteiger partial charge in [-0.3, -0.25) is 9.69 Å². The van der Waals surface area contributed by atoms with Crippen molar-refractivity contribution in [3.05, 3.63) is 34.5 Å². The van der Waals surface area contributed by atoms with E-state index in [0.29, 0.717) is 6.61 Å². The van der Waals surface area contributed by atoms with Crippen molar-refractivity contribution in [3.8, 4) is 0 Å². The first-order valence-electron chi connectivity index (χ1n) is 9.64. The standard InChI is InChI=1S/C21H27ClN2O2/c1-4-26-20(25)21(10-5-6-11-21)19-18-15(9-12-23(19)2)16-13-14(22)7-8-17(16)24(18)3/h7-8,13,19H,4-6,9-12H2,1-3H3. The molecule has 5 heteroatoms. The zero-order valence-corrected chi connectivity index (χ0v) is 16.6. The van der Waals surface area contributed by atoms with Crippen molar-refractivity contribution in [2.45, 2.75) is 45.1 Å². The molecule has 1 aliphatic carbocycles. The van der Waals surface area contributed by atoms with Crippen molar-refractivity contribution in [1.82, 2.24) is 9.47 Å². The van der Waals surface area contributed by atoms with E-state index >= 15 is 0 Å². The summed E-state index contributed by atoms with van der Waals surface area (Å²) >= 11 is 6.29. The second-order valence-corrected chi connectivity index (χ2v) is 8.24. The molecule has 0 bridgehead atoms. The van der Waals surface area contributed by atoms with Crippen molar-refractivity contribution in [2.75, 3.05) is 20.2 Å². The lowest BCUT2D eigenvalue weighted by Crippen LogP contribution is -2.47. The summed E-state index contributed by atoms with van der Waals surface area (Å²) in [6.45, 7) is 3.29. The Morgan fingerprint density at radius 2 is 2.04 bits per heavy atom. The van der Waals surface area contributed by atoms with Crippen LogP contribution in [0.5, 0.6) is 0 Å². The Balaban J connectivity index is 1.93. The molecule has 0 radical (unpaired) electrons. The van der Waals surface area contributed by atoms with Gasteiger partial charge in [0.2, 0.25) is 0 Å². The average Bonchev–Trinajstić information content (AvgIpc) is 3.20. The molecule has 1 aliphatic heterocycles. The largest absolute Gasteiger partial charge is 0.466 e. The summed E-state index contributed by atoms with van der Waals surface area (Å²) in [4.78, 5) is 15.5. The van der Waals surface area contributed by atoms with Gasteiger partial charge in [0.05, 0.1) is 18.1 Å². The highest BCUT2D eigenvalue weighted by Gasteiger charge is 2.53. The van der Waals surface area contributed by atoms with Gasteiger partial charge in [-0.2, -0.15) is 0 Å². The number of hydrogen-bond donors (Lipinski definition) is 0. The lowest BCUT2D eigenvalue weighted by molar-refractivity contribution is -0.160. The molecule has 140 valence electrons. The number of likely N-dealkylation sites (N-methyl/N-ethyl adjacent to an activating group) is 1. The normalized spacial score (nSPS) is 22.5. The smallest absolute Gasteiger partial charge is 0.314 e. The first kappa shape index (κ1) is 17.9. The molecule has 1 aromatic heterocycles. The molecule has 0 spiro atoms. The molecule has 4 rings (SSSR count). The van der Waals surface area contributed by atoms with Gasteiger partial charge in [0, 0.05) is 35.2 Å². The summed E-state index contributed by atoms with van der Waals surface area (Å²) in [5.41, 5.74) is 3.37.